The zero-order chi connectivity index (χ0) is 16.7. The van der Waals surface area contributed by atoms with Gasteiger partial charge in [-0.25, -0.2) is 9.38 Å². The summed E-state index contributed by atoms with van der Waals surface area (Å²) in [6.45, 7) is 5.51. The van der Waals surface area contributed by atoms with Crippen molar-refractivity contribution in [1.82, 2.24) is 0 Å². The largest absolute Gasteiger partial charge is 0.459 e. The van der Waals surface area contributed by atoms with E-state index in [2.05, 4.69) is 16.9 Å². The fourth-order valence-corrected chi connectivity index (χ4v) is 1.76. The number of nitrogens with one attached hydrogen (secondary N) is 1. The Labute approximate surface area is 134 Å². The van der Waals surface area contributed by atoms with Crippen LogP contribution in [0.15, 0.2) is 77.8 Å². The molecule has 0 fully saturated rings. The normalized spacial score (nSPS) is 11.5. The molecule has 0 unspecified atom stereocenters. The molecule has 0 saturated carbocycles. The van der Waals surface area contributed by atoms with Gasteiger partial charge in [-0.2, -0.15) is 0 Å². The van der Waals surface area contributed by atoms with E-state index in [-0.39, 0.29) is 5.75 Å². The SMILES string of the molecule is C=C(/N=C\C=C(/C)Oc1ccc(N)cc1F)Nc1ccccc1. The van der Waals surface area contributed by atoms with E-state index < -0.39 is 5.82 Å². The molecule has 23 heavy (non-hydrogen) atoms. The quantitative estimate of drug-likeness (QED) is 0.474. The number of aliphatic imine (C=N–C) groups is 1. The Morgan fingerprint density at radius 3 is 2.70 bits per heavy atom. The Hall–Kier alpha value is -3.08. The molecule has 2 aromatic carbocycles. The van der Waals surface area contributed by atoms with Crippen molar-refractivity contribution in [3.63, 3.8) is 0 Å². The molecule has 5 heteroatoms. The summed E-state index contributed by atoms with van der Waals surface area (Å²) in [6, 6.07) is 13.8. The number of nitrogens with zero attached hydrogens (tertiary/aromatic N) is 1. The predicted octanol–water partition coefficient (Wildman–Crippen LogP) is 4.34. The first-order chi connectivity index (χ1) is 11.0. The first kappa shape index (κ1) is 16.3. The maximum absolute atomic E-state index is 13.6. The van der Waals surface area contributed by atoms with Crippen molar-refractivity contribution in [3.05, 3.63) is 78.6 Å². The number of halogens is 1. The molecule has 0 saturated heterocycles. The van der Waals surface area contributed by atoms with Crippen LogP contribution in [0.3, 0.4) is 0 Å². The standard InChI is InChI=1S/C18H18FN3O/c1-13(23-18-9-8-15(20)12-17(18)19)10-11-21-14(2)22-16-6-4-3-5-7-16/h3-12,22H,2,20H2,1H3/b13-10+,21-11-. The van der Waals surface area contributed by atoms with Crippen LogP contribution in [0.2, 0.25) is 0 Å². The van der Waals surface area contributed by atoms with E-state index in [1.54, 1.807) is 19.1 Å². The third-order valence-corrected chi connectivity index (χ3v) is 2.83. The van der Waals surface area contributed by atoms with E-state index in [0.29, 0.717) is 17.3 Å². The Morgan fingerprint density at radius 1 is 1.26 bits per heavy atom. The van der Waals surface area contributed by atoms with Gasteiger partial charge in [-0.3, -0.25) is 0 Å². The van der Waals surface area contributed by atoms with E-state index in [1.807, 2.05) is 30.3 Å². The lowest BCUT2D eigenvalue weighted by Gasteiger charge is -2.07. The third-order valence-electron chi connectivity index (χ3n) is 2.83. The van der Waals surface area contributed by atoms with Crippen LogP contribution in [0.1, 0.15) is 6.92 Å². The summed E-state index contributed by atoms with van der Waals surface area (Å²) in [6.07, 6.45) is 3.15. The van der Waals surface area contributed by atoms with Gasteiger partial charge in [0, 0.05) is 23.7 Å². The molecule has 0 radical (unpaired) electrons. The molecule has 4 nitrogen and oxygen atoms in total. The van der Waals surface area contributed by atoms with E-state index >= 15 is 0 Å². The lowest BCUT2D eigenvalue weighted by molar-refractivity contribution is 0.399. The van der Waals surface area contributed by atoms with Crippen molar-refractivity contribution in [3.8, 4) is 5.75 Å². The number of hydrogen-bond acceptors (Lipinski definition) is 4. The molecule has 0 aromatic heterocycles. The summed E-state index contributed by atoms with van der Waals surface area (Å²) in [5, 5.41) is 3.04. The molecular formula is C18H18FN3O. The number of allylic oxidation sites excluding steroid dienone is 2. The highest BCUT2D eigenvalue weighted by Gasteiger charge is 2.03. The number of para-hydroxylation sites is 1. The van der Waals surface area contributed by atoms with Gasteiger partial charge in [0.2, 0.25) is 0 Å². The average Bonchev–Trinajstić information content (AvgIpc) is 2.51. The molecule has 0 heterocycles. The van der Waals surface area contributed by atoms with Gasteiger partial charge in [0.1, 0.15) is 11.6 Å². The number of nitrogens with two attached hydrogens (primary N) is 1. The minimum atomic E-state index is -0.509. The molecule has 0 atom stereocenters. The predicted molar refractivity (Wildman–Crippen MR) is 92.9 cm³/mol. The Morgan fingerprint density at radius 2 is 2.00 bits per heavy atom. The smallest absolute Gasteiger partial charge is 0.167 e. The third kappa shape index (κ3) is 5.32. The number of hydrogen-bond donors (Lipinski definition) is 2. The Kier molecular flexibility index (Phi) is 5.52. The fourth-order valence-electron chi connectivity index (χ4n) is 1.76. The molecule has 0 aliphatic carbocycles. The second kappa shape index (κ2) is 7.79. The summed E-state index contributed by atoms with van der Waals surface area (Å²) < 4.78 is 19.0. The zero-order valence-corrected chi connectivity index (χ0v) is 12.8. The van der Waals surface area contributed by atoms with Gasteiger partial charge in [0.25, 0.3) is 0 Å². The molecule has 0 spiro atoms. The molecule has 2 rings (SSSR count). The van der Waals surface area contributed by atoms with Crippen molar-refractivity contribution >= 4 is 17.6 Å². The van der Waals surface area contributed by atoms with Gasteiger partial charge >= 0.3 is 0 Å². The van der Waals surface area contributed by atoms with E-state index in [9.17, 15) is 4.39 Å². The number of rotatable bonds is 6. The van der Waals surface area contributed by atoms with Crippen LogP contribution in [-0.4, -0.2) is 6.21 Å². The van der Waals surface area contributed by atoms with Crippen LogP contribution in [-0.2, 0) is 0 Å². The van der Waals surface area contributed by atoms with Gasteiger partial charge in [-0.05, 0) is 37.3 Å². The zero-order valence-electron chi connectivity index (χ0n) is 12.8. The minimum absolute atomic E-state index is 0.114. The van der Waals surface area contributed by atoms with Crippen LogP contribution in [0.4, 0.5) is 15.8 Å². The van der Waals surface area contributed by atoms with Crippen LogP contribution >= 0.6 is 0 Å². The van der Waals surface area contributed by atoms with Crippen molar-refractivity contribution in [2.24, 2.45) is 4.99 Å². The van der Waals surface area contributed by atoms with Gasteiger partial charge < -0.3 is 15.8 Å². The van der Waals surface area contributed by atoms with Crippen LogP contribution < -0.4 is 15.8 Å². The van der Waals surface area contributed by atoms with Gasteiger partial charge in [0.05, 0.1) is 0 Å². The minimum Gasteiger partial charge on any atom is -0.459 e. The Balaban J connectivity index is 1.92. The molecule has 3 N–H and O–H groups in total. The van der Waals surface area contributed by atoms with Crippen LogP contribution in [0, 0.1) is 5.82 Å². The molecule has 0 aliphatic rings. The van der Waals surface area contributed by atoms with E-state index in [1.165, 1.54) is 18.3 Å². The first-order valence-corrected chi connectivity index (χ1v) is 6.99. The average molecular weight is 311 g/mol. The van der Waals surface area contributed by atoms with Crippen LogP contribution in [0.25, 0.3) is 0 Å². The first-order valence-electron chi connectivity index (χ1n) is 6.99. The van der Waals surface area contributed by atoms with E-state index in [0.717, 1.165) is 5.69 Å². The highest BCUT2D eigenvalue weighted by atomic mass is 19.1. The summed E-state index contributed by atoms with van der Waals surface area (Å²) in [7, 11) is 0. The molecular weight excluding hydrogens is 293 g/mol. The summed E-state index contributed by atoms with van der Waals surface area (Å²) in [4.78, 5) is 4.14. The Bertz CT molecular complexity index is 739. The maximum atomic E-state index is 13.6. The lowest BCUT2D eigenvalue weighted by atomic mass is 10.3. The number of ether oxygens (including phenoxy) is 1. The molecule has 0 amide bonds. The highest BCUT2D eigenvalue weighted by molar-refractivity contribution is 5.73. The van der Waals surface area contributed by atoms with Gasteiger partial charge in [-0.1, -0.05) is 24.8 Å². The molecule has 0 aliphatic heterocycles. The van der Waals surface area contributed by atoms with Crippen molar-refractivity contribution in [1.29, 1.82) is 0 Å². The van der Waals surface area contributed by atoms with Crippen molar-refractivity contribution in [2.75, 3.05) is 11.1 Å². The summed E-state index contributed by atoms with van der Waals surface area (Å²) >= 11 is 0. The summed E-state index contributed by atoms with van der Waals surface area (Å²) in [5.41, 5.74) is 6.73. The topological polar surface area (TPSA) is 59.6 Å². The van der Waals surface area contributed by atoms with Crippen molar-refractivity contribution < 1.29 is 9.13 Å². The second-order valence-corrected chi connectivity index (χ2v) is 4.79. The van der Waals surface area contributed by atoms with Gasteiger partial charge in [-0.15, -0.1) is 0 Å². The van der Waals surface area contributed by atoms with Crippen molar-refractivity contribution in [2.45, 2.75) is 6.92 Å². The number of anilines is 2. The maximum Gasteiger partial charge on any atom is 0.167 e. The number of benzene rings is 2. The fraction of sp³-hybridized carbons (Fsp3) is 0.0556. The molecule has 2 aromatic rings. The van der Waals surface area contributed by atoms with Gasteiger partial charge in [0.15, 0.2) is 11.6 Å². The second-order valence-electron chi connectivity index (χ2n) is 4.79. The molecule has 118 valence electrons. The highest BCUT2D eigenvalue weighted by Crippen LogP contribution is 2.21. The van der Waals surface area contributed by atoms with Crippen LogP contribution in [0.5, 0.6) is 5.75 Å². The monoisotopic (exact) mass is 311 g/mol. The molecule has 0 bridgehead atoms. The lowest BCUT2D eigenvalue weighted by Crippen LogP contribution is -1.97. The van der Waals surface area contributed by atoms with E-state index in [4.69, 9.17) is 10.5 Å². The summed E-state index contributed by atoms with van der Waals surface area (Å²) in [5.74, 6) is 0.580. The number of nitrogen functional groups attached to an aromatic ring is 1.